The Balaban J connectivity index is 1.72. The van der Waals surface area contributed by atoms with E-state index in [1.54, 1.807) is 0 Å². The number of pyridine rings is 2. The Hall–Kier alpha value is -3.98. The third-order valence-corrected chi connectivity index (χ3v) is 7.16. The number of aromatic nitrogens is 3. The SMILES string of the molecule is c1ccc2c(c1)Cc1c-2c2c(c3c1c1cccnc1n1ccnc31)-c1ccccc1C2. The number of imidazole rings is 1. The van der Waals surface area contributed by atoms with E-state index in [9.17, 15) is 0 Å². The normalized spacial score (nSPS) is 13.5. The summed E-state index contributed by atoms with van der Waals surface area (Å²) in [7, 11) is 0. The summed E-state index contributed by atoms with van der Waals surface area (Å²) in [5.74, 6) is 0. The minimum Gasteiger partial charge on any atom is -0.283 e. The summed E-state index contributed by atoms with van der Waals surface area (Å²) in [6.45, 7) is 0. The summed E-state index contributed by atoms with van der Waals surface area (Å²) in [6.07, 6.45) is 7.77. The Bertz CT molecular complexity index is 1740. The average molecular weight is 395 g/mol. The second-order valence-corrected chi connectivity index (χ2v) is 8.62. The second kappa shape index (κ2) is 5.38. The van der Waals surface area contributed by atoms with Crippen molar-refractivity contribution in [2.24, 2.45) is 0 Å². The molecule has 144 valence electrons. The molecule has 0 saturated heterocycles. The van der Waals surface area contributed by atoms with Gasteiger partial charge in [0.15, 0.2) is 0 Å². The predicted octanol–water partition coefficient (Wildman–Crippen LogP) is 6.18. The van der Waals surface area contributed by atoms with Crippen LogP contribution in [0.15, 0.2) is 79.3 Å². The maximum Gasteiger partial charge on any atom is 0.146 e. The molecular formula is C28H17N3. The standard InChI is InChI=1S/C28H17N3/c1-3-8-18-16(6-1)14-22-23(18)21-15-17-7-2-4-9-19(17)24(21)26-25(22)20-10-5-11-29-27(20)31-13-12-30-28(26)31/h1-13H,14-15H2. The number of nitrogens with zero attached hydrogens (tertiary/aromatic N) is 3. The van der Waals surface area contributed by atoms with E-state index in [0.717, 1.165) is 24.1 Å². The van der Waals surface area contributed by atoms with Crippen LogP contribution in [0.5, 0.6) is 0 Å². The smallest absolute Gasteiger partial charge is 0.146 e. The minimum absolute atomic E-state index is 0.965. The zero-order valence-corrected chi connectivity index (χ0v) is 16.8. The largest absolute Gasteiger partial charge is 0.283 e. The molecule has 3 aromatic heterocycles. The maximum atomic E-state index is 4.84. The first-order chi connectivity index (χ1) is 15.4. The molecule has 8 rings (SSSR count). The molecule has 0 saturated carbocycles. The summed E-state index contributed by atoms with van der Waals surface area (Å²) < 4.78 is 2.16. The molecule has 0 fully saturated rings. The summed E-state index contributed by atoms with van der Waals surface area (Å²) >= 11 is 0. The van der Waals surface area contributed by atoms with Crippen molar-refractivity contribution >= 4 is 27.5 Å². The molecule has 3 nitrogen and oxygen atoms in total. The Morgan fingerprint density at radius 1 is 0.613 bits per heavy atom. The van der Waals surface area contributed by atoms with Gasteiger partial charge >= 0.3 is 0 Å². The highest BCUT2D eigenvalue weighted by atomic mass is 15.0. The van der Waals surface area contributed by atoms with Crippen LogP contribution in [0.3, 0.4) is 0 Å². The lowest BCUT2D eigenvalue weighted by atomic mass is 9.88. The lowest BCUT2D eigenvalue weighted by Gasteiger charge is -2.17. The van der Waals surface area contributed by atoms with Gasteiger partial charge in [-0.3, -0.25) is 4.40 Å². The monoisotopic (exact) mass is 395 g/mol. The van der Waals surface area contributed by atoms with Crippen LogP contribution < -0.4 is 0 Å². The first-order valence-corrected chi connectivity index (χ1v) is 10.8. The fraction of sp³-hybridized carbons (Fsp3) is 0.0714. The Kier molecular flexibility index (Phi) is 2.74. The van der Waals surface area contributed by atoms with Gasteiger partial charge in [-0.2, -0.15) is 0 Å². The predicted molar refractivity (Wildman–Crippen MR) is 124 cm³/mol. The van der Waals surface area contributed by atoms with Crippen molar-refractivity contribution < 1.29 is 0 Å². The fourth-order valence-corrected chi connectivity index (χ4v) is 6.02. The van der Waals surface area contributed by atoms with E-state index in [1.165, 1.54) is 60.7 Å². The molecule has 0 N–H and O–H groups in total. The van der Waals surface area contributed by atoms with Gasteiger partial charge in [-0.25, -0.2) is 9.97 Å². The highest BCUT2D eigenvalue weighted by Gasteiger charge is 2.33. The van der Waals surface area contributed by atoms with Crippen LogP contribution in [-0.2, 0) is 12.8 Å². The van der Waals surface area contributed by atoms with Gasteiger partial charge in [-0.05, 0) is 69.5 Å². The maximum absolute atomic E-state index is 4.84. The van der Waals surface area contributed by atoms with Crippen LogP contribution in [0.1, 0.15) is 22.3 Å². The van der Waals surface area contributed by atoms with Crippen LogP contribution in [0, 0.1) is 0 Å². The number of benzene rings is 3. The van der Waals surface area contributed by atoms with E-state index in [-0.39, 0.29) is 0 Å². The molecule has 3 heterocycles. The molecule has 0 atom stereocenters. The molecule has 0 amide bonds. The van der Waals surface area contributed by atoms with Crippen molar-refractivity contribution in [3.05, 3.63) is 102 Å². The summed E-state index contributed by atoms with van der Waals surface area (Å²) in [5, 5.41) is 3.81. The summed E-state index contributed by atoms with van der Waals surface area (Å²) in [6, 6.07) is 22.1. The Labute approximate surface area is 178 Å². The van der Waals surface area contributed by atoms with Gasteiger partial charge in [-0.15, -0.1) is 0 Å². The molecule has 3 heteroatoms. The molecule has 0 aliphatic heterocycles. The molecule has 6 aromatic rings. The van der Waals surface area contributed by atoms with Gasteiger partial charge in [0, 0.05) is 34.7 Å². The third kappa shape index (κ3) is 1.81. The second-order valence-electron chi connectivity index (χ2n) is 8.62. The van der Waals surface area contributed by atoms with Crippen LogP contribution in [0.4, 0.5) is 0 Å². The van der Waals surface area contributed by atoms with Gasteiger partial charge in [-0.1, -0.05) is 48.5 Å². The molecule has 3 aromatic carbocycles. The van der Waals surface area contributed by atoms with Crippen molar-refractivity contribution in [1.29, 1.82) is 0 Å². The van der Waals surface area contributed by atoms with Crippen LogP contribution in [0.2, 0.25) is 0 Å². The average Bonchev–Trinajstić information content (AvgIpc) is 3.53. The summed E-state index contributed by atoms with van der Waals surface area (Å²) in [4.78, 5) is 9.61. The van der Waals surface area contributed by atoms with Gasteiger partial charge < -0.3 is 0 Å². The number of hydrogen-bond donors (Lipinski definition) is 0. The number of hydrogen-bond acceptors (Lipinski definition) is 2. The van der Waals surface area contributed by atoms with E-state index in [2.05, 4.69) is 65.1 Å². The highest BCUT2D eigenvalue weighted by molar-refractivity contribution is 6.22. The topological polar surface area (TPSA) is 30.2 Å². The van der Waals surface area contributed by atoms with Crippen molar-refractivity contribution in [1.82, 2.24) is 14.4 Å². The number of fused-ring (bicyclic) bond motifs is 15. The van der Waals surface area contributed by atoms with Gasteiger partial charge in [0.2, 0.25) is 0 Å². The molecule has 2 aliphatic rings. The van der Waals surface area contributed by atoms with E-state index in [1.807, 2.05) is 18.6 Å². The van der Waals surface area contributed by atoms with E-state index in [4.69, 9.17) is 9.97 Å². The third-order valence-electron chi connectivity index (χ3n) is 7.16. The van der Waals surface area contributed by atoms with Crippen LogP contribution in [0.25, 0.3) is 49.7 Å². The zero-order valence-electron chi connectivity index (χ0n) is 16.8. The lowest BCUT2D eigenvalue weighted by Crippen LogP contribution is -1.99. The van der Waals surface area contributed by atoms with Crippen LogP contribution in [-0.4, -0.2) is 14.4 Å². The highest BCUT2D eigenvalue weighted by Crippen LogP contribution is 2.53. The zero-order chi connectivity index (χ0) is 20.1. The van der Waals surface area contributed by atoms with Crippen molar-refractivity contribution in [3.63, 3.8) is 0 Å². The van der Waals surface area contributed by atoms with Gasteiger partial charge in [0.25, 0.3) is 0 Å². The molecule has 0 unspecified atom stereocenters. The summed E-state index contributed by atoms with van der Waals surface area (Å²) in [5.41, 5.74) is 13.3. The molecule has 31 heavy (non-hydrogen) atoms. The Morgan fingerprint density at radius 2 is 1.32 bits per heavy atom. The Morgan fingerprint density at radius 3 is 2.16 bits per heavy atom. The van der Waals surface area contributed by atoms with E-state index in [0.29, 0.717) is 0 Å². The van der Waals surface area contributed by atoms with Crippen molar-refractivity contribution in [3.8, 4) is 22.3 Å². The quantitative estimate of drug-likeness (QED) is 0.287. The first-order valence-electron chi connectivity index (χ1n) is 10.8. The number of rotatable bonds is 0. The molecule has 0 bridgehead atoms. The minimum atomic E-state index is 0.965. The molecular weight excluding hydrogens is 378 g/mol. The van der Waals surface area contributed by atoms with Crippen molar-refractivity contribution in [2.45, 2.75) is 12.8 Å². The molecule has 2 aliphatic carbocycles. The van der Waals surface area contributed by atoms with E-state index < -0.39 is 0 Å². The van der Waals surface area contributed by atoms with Crippen LogP contribution >= 0.6 is 0 Å². The van der Waals surface area contributed by atoms with Gasteiger partial charge in [0.05, 0.1) is 0 Å². The van der Waals surface area contributed by atoms with Crippen molar-refractivity contribution in [2.75, 3.05) is 0 Å². The lowest BCUT2D eigenvalue weighted by molar-refractivity contribution is 1.20. The van der Waals surface area contributed by atoms with Gasteiger partial charge in [0.1, 0.15) is 11.3 Å². The fourth-order valence-electron chi connectivity index (χ4n) is 6.02. The van der Waals surface area contributed by atoms with E-state index >= 15 is 0 Å². The molecule has 0 radical (unpaired) electrons. The first kappa shape index (κ1) is 15.8. The molecule has 0 spiro atoms.